The number of rotatable bonds is 6. The van der Waals surface area contributed by atoms with Crippen LogP contribution >= 0.6 is 15.9 Å². The molecule has 0 radical (unpaired) electrons. The van der Waals surface area contributed by atoms with E-state index in [0.29, 0.717) is 21.0 Å². The lowest BCUT2D eigenvalue weighted by Crippen LogP contribution is -2.46. The predicted molar refractivity (Wildman–Crippen MR) is 157 cm³/mol. The number of aromatic hydroxyl groups is 1. The second-order valence-electron chi connectivity index (χ2n) is 12.4. The third-order valence-electron chi connectivity index (χ3n) is 7.94. The van der Waals surface area contributed by atoms with Crippen molar-refractivity contribution in [2.45, 2.75) is 78.9 Å². The standard InChI is InChI=1S/C31H38BrFN2O6/c1-17(2)21-12-9-18(3)22(14-19-10-11-20(32)15-23(19)33)27(21)40-30(39)35-28(37)24-8-7-13-34(24)25(29(35)38)16-26(36)41-31(4,5)6/h7-8,10-11,13,15,17-18,21-22,27,38H,9,12,14,16H2,1-6H3. The van der Waals surface area contributed by atoms with E-state index in [4.69, 9.17) is 9.47 Å². The molecule has 4 rings (SSSR count). The molecule has 8 nitrogen and oxygen atoms in total. The van der Waals surface area contributed by atoms with Crippen molar-refractivity contribution in [2.24, 2.45) is 23.7 Å². The second-order valence-corrected chi connectivity index (χ2v) is 13.3. The summed E-state index contributed by atoms with van der Waals surface area (Å²) in [4.78, 5) is 39.8. The number of hydrogen-bond acceptors (Lipinski definition) is 6. The number of aromatic nitrogens is 2. The minimum atomic E-state index is -1.03. The first-order valence-electron chi connectivity index (χ1n) is 14.0. The average Bonchev–Trinajstić information content (AvgIpc) is 3.34. The third-order valence-corrected chi connectivity index (χ3v) is 8.43. The Hall–Kier alpha value is -3.14. The number of halogens is 2. The maximum Gasteiger partial charge on any atom is 0.424 e. The summed E-state index contributed by atoms with van der Waals surface area (Å²) in [6.45, 7) is 11.3. The highest BCUT2D eigenvalue weighted by Crippen LogP contribution is 2.42. The minimum absolute atomic E-state index is 0.0294. The van der Waals surface area contributed by atoms with Gasteiger partial charge < -0.3 is 19.0 Å². The molecule has 222 valence electrons. The lowest BCUT2D eigenvalue weighted by Gasteiger charge is -2.43. The predicted octanol–water partition coefficient (Wildman–Crippen LogP) is 6.51. The zero-order valence-corrected chi connectivity index (χ0v) is 25.9. The zero-order valence-electron chi connectivity index (χ0n) is 24.3. The van der Waals surface area contributed by atoms with Gasteiger partial charge in [0.25, 0.3) is 5.56 Å². The second kappa shape index (κ2) is 12.0. The zero-order chi connectivity index (χ0) is 30.2. The highest BCUT2D eigenvalue weighted by atomic mass is 79.9. The van der Waals surface area contributed by atoms with Crippen LogP contribution in [0.2, 0.25) is 0 Å². The molecule has 0 amide bonds. The summed E-state index contributed by atoms with van der Waals surface area (Å²) < 4.78 is 29.0. The largest absolute Gasteiger partial charge is 0.493 e. The highest BCUT2D eigenvalue weighted by Gasteiger charge is 2.42. The molecule has 1 aliphatic carbocycles. The topological polar surface area (TPSA) is 99.2 Å². The molecule has 2 heterocycles. The molecule has 0 aliphatic heterocycles. The molecule has 41 heavy (non-hydrogen) atoms. The van der Waals surface area contributed by atoms with E-state index in [-0.39, 0.29) is 47.1 Å². The average molecular weight is 634 g/mol. The maximum atomic E-state index is 14.9. The van der Waals surface area contributed by atoms with Crippen molar-refractivity contribution in [1.82, 2.24) is 8.97 Å². The summed E-state index contributed by atoms with van der Waals surface area (Å²) in [5, 5.41) is 11.2. The monoisotopic (exact) mass is 632 g/mol. The molecular formula is C31H38BrFN2O6. The van der Waals surface area contributed by atoms with Crippen molar-refractivity contribution in [2.75, 3.05) is 0 Å². The molecule has 1 aliphatic rings. The molecule has 1 fully saturated rings. The molecule has 4 atom stereocenters. The Kier molecular flexibility index (Phi) is 9.01. The lowest BCUT2D eigenvalue weighted by atomic mass is 9.67. The fourth-order valence-electron chi connectivity index (χ4n) is 5.88. The van der Waals surface area contributed by atoms with Crippen LogP contribution in [-0.2, 0) is 27.1 Å². The number of ether oxygens (including phenoxy) is 2. The molecular weight excluding hydrogens is 595 g/mol. The summed E-state index contributed by atoms with van der Waals surface area (Å²) in [7, 11) is 0. The van der Waals surface area contributed by atoms with Crippen molar-refractivity contribution in [3.63, 3.8) is 0 Å². The maximum absolute atomic E-state index is 14.9. The Labute approximate surface area is 247 Å². The number of esters is 1. The van der Waals surface area contributed by atoms with Gasteiger partial charge in [0.15, 0.2) is 0 Å². The Bertz CT molecular complexity index is 1500. The van der Waals surface area contributed by atoms with Crippen molar-refractivity contribution in [3.8, 4) is 5.88 Å². The first-order chi connectivity index (χ1) is 19.2. The third kappa shape index (κ3) is 6.68. The van der Waals surface area contributed by atoms with Crippen LogP contribution in [0, 0.1) is 29.5 Å². The molecule has 0 spiro atoms. The van der Waals surface area contributed by atoms with E-state index in [1.165, 1.54) is 22.7 Å². The molecule has 4 unspecified atom stereocenters. The lowest BCUT2D eigenvalue weighted by molar-refractivity contribution is -0.154. The van der Waals surface area contributed by atoms with Gasteiger partial charge in [-0.3, -0.25) is 9.59 Å². The fraction of sp³-hybridized carbons (Fsp3) is 0.516. The molecule has 0 bridgehead atoms. The van der Waals surface area contributed by atoms with Crippen LogP contribution in [-0.4, -0.2) is 37.8 Å². The molecule has 0 saturated heterocycles. The summed E-state index contributed by atoms with van der Waals surface area (Å²) in [6, 6.07) is 8.02. The van der Waals surface area contributed by atoms with Gasteiger partial charge in [-0.05, 0) is 87.6 Å². The van der Waals surface area contributed by atoms with Gasteiger partial charge in [0.1, 0.15) is 23.0 Å². The first kappa shape index (κ1) is 30.8. The van der Waals surface area contributed by atoms with Crippen LogP contribution in [0.1, 0.15) is 65.6 Å². The van der Waals surface area contributed by atoms with Crippen LogP contribution in [0.4, 0.5) is 9.18 Å². The molecule has 1 N–H and O–H groups in total. The summed E-state index contributed by atoms with van der Waals surface area (Å²) in [5.74, 6) is -1.64. The van der Waals surface area contributed by atoms with E-state index in [0.717, 1.165) is 12.8 Å². The van der Waals surface area contributed by atoms with Gasteiger partial charge in [0.05, 0.1) is 12.1 Å². The number of carbonyl (C=O) groups excluding carboxylic acids is 2. The Balaban J connectivity index is 1.73. The molecule has 2 aromatic heterocycles. The van der Waals surface area contributed by atoms with Crippen molar-refractivity contribution < 1.29 is 28.6 Å². The van der Waals surface area contributed by atoms with Gasteiger partial charge in [-0.1, -0.05) is 42.8 Å². The van der Waals surface area contributed by atoms with Crippen molar-refractivity contribution in [1.29, 1.82) is 0 Å². The number of carbonyl (C=O) groups is 2. The van der Waals surface area contributed by atoms with Crippen LogP contribution in [0.25, 0.3) is 5.52 Å². The summed E-state index contributed by atoms with van der Waals surface area (Å²) >= 11 is 3.30. The van der Waals surface area contributed by atoms with E-state index in [1.807, 2.05) is 13.8 Å². The number of hydrogen-bond donors (Lipinski definition) is 1. The number of fused-ring (bicyclic) bond motifs is 1. The normalized spacial score (nSPS) is 21.3. The van der Waals surface area contributed by atoms with Crippen LogP contribution in [0.3, 0.4) is 0 Å². The van der Waals surface area contributed by atoms with Crippen molar-refractivity contribution in [3.05, 3.63) is 68.4 Å². The van der Waals surface area contributed by atoms with Gasteiger partial charge in [-0.2, -0.15) is 4.57 Å². The SMILES string of the molecule is CC(C)C1CCC(C)C(Cc2ccc(Br)cc2F)C1OC(=O)n1c(O)c(CC(=O)OC(C)(C)C)n2cccc2c1=O. The van der Waals surface area contributed by atoms with E-state index in [9.17, 15) is 23.9 Å². The molecule has 10 heteroatoms. The van der Waals surface area contributed by atoms with Gasteiger partial charge in [0.2, 0.25) is 5.88 Å². The van der Waals surface area contributed by atoms with Crippen LogP contribution < -0.4 is 5.56 Å². The van der Waals surface area contributed by atoms with Crippen LogP contribution in [0.5, 0.6) is 5.88 Å². The Morgan fingerprint density at radius 2 is 1.90 bits per heavy atom. The smallest absolute Gasteiger partial charge is 0.424 e. The van der Waals surface area contributed by atoms with Gasteiger partial charge >= 0.3 is 12.1 Å². The van der Waals surface area contributed by atoms with Crippen LogP contribution in [0.15, 0.2) is 45.8 Å². The molecule has 1 saturated carbocycles. The summed E-state index contributed by atoms with van der Waals surface area (Å²) in [5.41, 5.74) is -0.885. The van der Waals surface area contributed by atoms with Gasteiger partial charge in [0, 0.05) is 16.6 Å². The van der Waals surface area contributed by atoms with Gasteiger partial charge in [-0.25, -0.2) is 9.18 Å². The minimum Gasteiger partial charge on any atom is -0.493 e. The number of nitrogens with zero attached hydrogens (tertiary/aromatic N) is 2. The van der Waals surface area contributed by atoms with Crippen molar-refractivity contribution >= 4 is 33.5 Å². The first-order valence-corrected chi connectivity index (χ1v) is 14.8. The van der Waals surface area contributed by atoms with E-state index < -0.39 is 35.2 Å². The highest BCUT2D eigenvalue weighted by molar-refractivity contribution is 9.10. The molecule has 3 aromatic rings. The Morgan fingerprint density at radius 3 is 2.54 bits per heavy atom. The van der Waals surface area contributed by atoms with E-state index >= 15 is 0 Å². The van der Waals surface area contributed by atoms with Gasteiger partial charge in [-0.15, -0.1) is 0 Å². The Morgan fingerprint density at radius 1 is 1.20 bits per heavy atom. The fourth-order valence-corrected chi connectivity index (χ4v) is 6.21. The number of benzene rings is 1. The van der Waals surface area contributed by atoms with E-state index in [1.54, 1.807) is 39.0 Å². The molecule has 1 aromatic carbocycles. The quantitative estimate of drug-likeness (QED) is 0.311. The van der Waals surface area contributed by atoms with E-state index in [2.05, 4.69) is 22.9 Å². The summed E-state index contributed by atoms with van der Waals surface area (Å²) in [6.07, 6.45) is 1.55.